The van der Waals surface area contributed by atoms with Gasteiger partial charge in [0.15, 0.2) is 5.03 Å². The number of benzene rings is 1. The van der Waals surface area contributed by atoms with E-state index in [0.717, 1.165) is 5.39 Å². The standard InChI is InChI=1S/C15H15ClN4O2S/c1-10(2)20-13(7-9-18-20)23(21,22)19-15-12(16)6-5-11-4-3-8-17-14(11)15/h3-10,19H,1-2H3. The van der Waals surface area contributed by atoms with Crippen molar-refractivity contribution in [2.24, 2.45) is 0 Å². The van der Waals surface area contributed by atoms with E-state index in [1.54, 1.807) is 24.4 Å². The lowest BCUT2D eigenvalue weighted by atomic mass is 10.2. The molecule has 8 heteroatoms. The number of aromatic nitrogens is 3. The molecule has 0 atom stereocenters. The number of rotatable bonds is 4. The van der Waals surface area contributed by atoms with E-state index in [-0.39, 0.29) is 21.8 Å². The summed E-state index contributed by atoms with van der Waals surface area (Å²) in [5.74, 6) is 0. The van der Waals surface area contributed by atoms with Crippen molar-refractivity contribution in [3.05, 3.63) is 47.7 Å². The molecule has 6 nitrogen and oxygen atoms in total. The molecule has 0 aliphatic heterocycles. The molecule has 2 heterocycles. The van der Waals surface area contributed by atoms with Gasteiger partial charge in [-0.1, -0.05) is 23.7 Å². The summed E-state index contributed by atoms with van der Waals surface area (Å²) >= 11 is 6.18. The summed E-state index contributed by atoms with van der Waals surface area (Å²) in [6.07, 6.45) is 3.05. The van der Waals surface area contributed by atoms with Crippen LogP contribution in [0.4, 0.5) is 5.69 Å². The molecule has 1 aromatic carbocycles. The van der Waals surface area contributed by atoms with Crippen molar-refractivity contribution in [2.45, 2.75) is 24.9 Å². The second kappa shape index (κ2) is 5.82. The molecule has 0 fully saturated rings. The van der Waals surface area contributed by atoms with Crippen molar-refractivity contribution in [1.29, 1.82) is 0 Å². The fourth-order valence-electron chi connectivity index (χ4n) is 2.31. The Balaban J connectivity index is 2.11. The van der Waals surface area contributed by atoms with Gasteiger partial charge in [0, 0.05) is 17.6 Å². The molecule has 1 N–H and O–H groups in total. The number of sulfonamides is 1. The maximum atomic E-state index is 12.7. The number of fused-ring (bicyclic) bond motifs is 1. The number of hydrogen-bond donors (Lipinski definition) is 1. The Morgan fingerprint density at radius 2 is 1.96 bits per heavy atom. The van der Waals surface area contributed by atoms with Crippen molar-refractivity contribution < 1.29 is 8.42 Å². The third-order valence-corrected chi connectivity index (χ3v) is 5.02. The highest BCUT2D eigenvalue weighted by molar-refractivity contribution is 7.92. The topological polar surface area (TPSA) is 76.9 Å². The van der Waals surface area contributed by atoms with Crippen molar-refractivity contribution >= 4 is 38.2 Å². The minimum Gasteiger partial charge on any atom is -0.275 e. The molecule has 0 aliphatic rings. The molecule has 2 aromatic heterocycles. The maximum Gasteiger partial charge on any atom is 0.279 e. The minimum atomic E-state index is -3.83. The van der Waals surface area contributed by atoms with Crippen molar-refractivity contribution in [2.75, 3.05) is 4.72 Å². The van der Waals surface area contributed by atoms with Gasteiger partial charge in [-0.15, -0.1) is 0 Å². The highest BCUT2D eigenvalue weighted by atomic mass is 35.5. The molecule has 3 aromatic rings. The lowest BCUT2D eigenvalue weighted by Gasteiger charge is -2.14. The Hall–Kier alpha value is -2.12. The van der Waals surface area contributed by atoms with Crippen molar-refractivity contribution in [1.82, 2.24) is 14.8 Å². The normalized spacial score (nSPS) is 12.0. The van der Waals surface area contributed by atoms with Gasteiger partial charge in [0.25, 0.3) is 10.0 Å². The predicted octanol–water partition coefficient (Wildman–Crippen LogP) is 3.47. The van der Waals surface area contributed by atoms with E-state index in [4.69, 9.17) is 11.6 Å². The predicted molar refractivity (Wildman–Crippen MR) is 90.2 cm³/mol. The first kappa shape index (κ1) is 15.8. The Morgan fingerprint density at radius 3 is 2.70 bits per heavy atom. The number of halogens is 1. The molecule has 0 bridgehead atoms. The second-order valence-corrected chi connectivity index (χ2v) is 7.35. The van der Waals surface area contributed by atoms with Gasteiger partial charge in [-0.05, 0) is 32.0 Å². The molecule has 120 valence electrons. The average molecular weight is 351 g/mol. The third-order valence-electron chi connectivity index (χ3n) is 3.36. The van der Waals surface area contributed by atoms with Crippen LogP contribution in [-0.2, 0) is 10.0 Å². The molecule has 0 unspecified atom stereocenters. The first-order valence-electron chi connectivity index (χ1n) is 7.00. The molecular formula is C15H15ClN4O2S. The van der Waals surface area contributed by atoms with Crippen LogP contribution >= 0.6 is 11.6 Å². The molecule has 0 radical (unpaired) electrons. The summed E-state index contributed by atoms with van der Waals surface area (Å²) in [4.78, 5) is 4.23. The van der Waals surface area contributed by atoms with E-state index >= 15 is 0 Å². The van der Waals surface area contributed by atoms with Gasteiger partial charge < -0.3 is 0 Å². The van der Waals surface area contributed by atoms with Crippen LogP contribution in [0, 0.1) is 0 Å². The van der Waals surface area contributed by atoms with E-state index in [2.05, 4.69) is 14.8 Å². The fourth-order valence-corrected chi connectivity index (χ4v) is 3.89. The molecule has 0 saturated carbocycles. The smallest absolute Gasteiger partial charge is 0.275 e. The van der Waals surface area contributed by atoms with Crippen LogP contribution in [-0.4, -0.2) is 23.2 Å². The molecule has 0 aliphatic carbocycles. The molecule has 0 amide bonds. The largest absolute Gasteiger partial charge is 0.279 e. The van der Waals surface area contributed by atoms with E-state index in [9.17, 15) is 8.42 Å². The Labute approximate surface area is 139 Å². The lowest BCUT2D eigenvalue weighted by molar-refractivity contribution is 0.480. The number of nitrogens with one attached hydrogen (secondary N) is 1. The van der Waals surface area contributed by atoms with Crippen molar-refractivity contribution in [3.63, 3.8) is 0 Å². The first-order valence-corrected chi connectivity index (χ1v) is 8.86. The third kappa shape index (κ3) is 2.89. The van der Waals surface area contributed by atoms with Crippen LogP contribution in [0.5, 0.6) is 0 Å². The van der Waals surface area contributed by atoms with Gasteiger partial charge in [0.05, 0.1) is 22.4 Å². The number of nitrogens with zero attached hydrogens (tertiary/aromatic N) is 3. The summed E-state index contributed by atoms with van der Waals surface area (Å²) in [6, 6.07) is 8.42. The summed E-state index contributed by atoms with van der Waals surface area (Å²) in [5, 5.41) is 5.22. The van der Waals surface area contributed by atoms with Gasteiger partial charge in [0.1, 0.15) is 0 Å². The van der Waals surface area contributed by atoms with E-state index in [1.807, 2.05) is 19.9 Å². The van der Waals surface area contributed by atoms with Crippen LogP contribution in [0.25, 0.3) is 10.9 Å². The van der Waals surface area contributed by atoms with E-state index in [0.29, 0.717) is 5.52 Å². The maximum absolute atomic E-state index is 12.7. The molecule has 0 spiro atoms. The second-order valence-electron chi connectivity index (χ2n) is 5.31. The van der Waals surface area contributed by atoms with Crippen molar-refractivity contribution in [3.8, 4) is 0 Å². The van der Waals surface area contributed by atoms with Crippen LogP contribution in [0.3, 0.4) is 0 Å². The molecule has 3 rings (SSSR count). The summed E-state index contributed by atoms with van der Waals surface area (Å²) in [5.41, 5.74) is 0.764. The van der Waals surface area contributed by atoms with Crippen LogP contribution in [0.15, 0.2) is 47.8 Å². The number of pyridine rings is 1. The first-order chi connectivity index (χ1) is 10.9. The zero-order valence-corrected chi connectivity index (χ0v) is 14.1. The fraction of sp³-hybridized carbons (Fsp3) is 0.200. The summed E-state index contributed by atoms with van der Waals surface area (Å²) in [7, 11) is -3.83. The Bertz CT molecular complexity index is 967. The Kier molecular flexibility index (Phi) is 3.99. The highest BCUT2D eigenvalue weighted by Crippen LogP contribution is 2.31. The SMILES string of the molecule is CC(C)n1nccc1S(=O)(=O)Nc1c(Cl)ccc2cccnc12. The zero-order valence-electron chi connectivity index (χ0n) is 12.6. The van der Waals surface area contributed by atoms with E-state index in [1.165, 1.54) is 16.9 Å². The quantitative estimate of drug-likeness (QED) is 0.781. The van der Waals surface area contributed by atoms with Gasteiger partial charge in [0.2, 0.25) is 0 Å². The highest BCUT2D eigenvalue weighted by Gasteiger charge is 2.23. The van der Waals surface area contributed by atoms with Gasteiger partial charge in [-0.25, -0.2) is 4.68 Å². The number of anilines is 1. The van der Waals surface area contributed by atoms with Crippen LogP contribution in [0.1, 0.15) is 19.9 Å². The summed E-state index contributed by atoms with van der Waals surface area (Å²) < 4.78 is 29.4. The van der Waals surface area contributed by atoms with E-state index < -0.39 is 10.0 Å². The monoisotopic (exact) mass is 350 g/mol. The lowest BCUT2D eigenvalue weighted by Crippen LogP contribution is -2.19. The number of hydrogen-bond acceptors (Lipinski definition) is 4. The van der Waals surface area contributed by atoms with Gasteiger partial charge in [-0.2, -0.15) is 13.5 Å². The van der Waals surface area contributed by atoms with Crippen LogP contribution < -0.4 is 4.72 Å². The zero-order chi connectivity index (χ0) is 16.6. The van der Waals surface area contributed by atoms with Gasteiger partial charge in [-0.3, -0.25) is 9.71 Å². The summed E-state index contributed by atoms with van der Waals surface area (Å²) in [6.45, 7) is 3.72. The average Bonchev–Trinajstić information content (AvgIpc) is 3.01. The Morgan fingerprint density at radius 1 is 1.17 bits per heavy atom. The van der Waals surface area contributed by atoms with Gasteiger partial charge >= 0.3 is 0 Å². The minimum absolute atomic E-state index is 0.0801. The van der Waals surface area contributed by atoms with Crippen LogP contribution in [0.2, 0.25) is 5.02 Å². The molecular weight excluding hydrogens is 336 g/mol. The molecule has 0 saturated heterocycles. The molecule has 23 heavy (non-hydrogen) atoms.